The monoisotopic (exact) mass is 380 g/mol. The van der Waals surface area contributed by atoms with Crippen molar-refractivity contribution >= 4 is 39.6 Å². The fourth-order valence-electron chi connectivity index (χ4n) is 2.85. The van der Waals surface area contributed by atoms with Crippen molar-refractivity contribution < 1.29 is 23.9 Å². The fourth-order valence-corrected chi connectivity index (χ4v) is 3.44. The number of halogens is 1. The third kappa shape index (κ3) is 2.63. The van der Waals surface area contributed by atoms with Crippen LogP contribution in [0.4, 0.5) is 0 Å². The molecule has 1 aromatic rings. The van der Waals surface area contributed by atoms with Gasteiger partial charge in [0.15, 0.2) is 0 Å². The maximum Gasteiger partial charge on any atom is 0.337 e. The van der Waals surface area contributed by atoms with E-state index in [9.17, 15) is 19.2 Å². The van der Waals surface area contributed by atoms with E-state index in [0.29, 0.717) is 22.0 Å². The number of ether oxygens (including phenoxy) is 1. The molecule has 8 heteroatoms. The fraction of sp³-hybridized carbons (Fsp3) is 0.333. The van der Waals surface area contributed by atoms with E-state index in [1.165, 1.54) is 18.1 Å². The van der Waals surface area contributed by atoms with Crippen LogP contribution in [0.25, 0.3) is 0 Å². The minimum Gasteiger partial charge on any atom is -0.465 e. The Kier molecular flexibility index (Phi) is 3.93. The van der Waals surface area contributed by atoms with E-state index in [1.807, 2.05) is 0 Å². The van der Waals surface area contributed by atoms with Crippen LogP contribution in [0.3, 0.4) is 0 Å². The molecule has 1 fully saturated rings. The van der Waals surface area contributed by atoms with Crippen LogP contribution in [-0.2, 0) is 20.9 Å². The summed E-state index contributed by atoms with van der Waals surface area (Å²) < 4.78 is 5.28. The second-order valence-electron chi connectivity index (χ2n) is 5.38. The highest BCUT2D eigenvalue weighted by molar-refractivity contribution is 9.10. The standard InChI is InChI=1S/C15H13BrN2O5/c1-23-15(22)7-4-8-9(10(16)5-7)6-18(14(8)21)11-2-3-12(19)17-13(11)20/h4-5,11H,2-3,6H2,1H3,(H,17,19,20). The molecule has 2 aliphatic heterocycles. The van der Waals surface area contributed by atoms with Crippen LogP contribution in [0.5, 0.6) is 0 Å². The number of nitrogens with zero attached hydrogens (tertiary/aromatic N) is 1. The molecule has 1 aromatic carbocycles. The zero-order chi connectivity index (χ0) is 16.7. The number of methoxy groups -OCH3 is 1. The van der Waals surface area contributed by atoms with E-state index >= 15 is 0 Å². The molecule has 3 amide bonds. The van der Waals surface area contributed by atoms with Gasteiger partial charge in [-0.05, 0) is 24.1 Å². The summed E-state index contributed by atoms with van der Waals surface area (Å²) in [5.41, 5.74) is 1.34. The number of hydrogen-bond acceptors (Lipinski definition) is 5. The highest BCUT2D eigenvalue weighted by Crippen LogP contribution is 2.33. The number of esters is 1. The third-order valence-electron chi connectivity index (χ3n) is 4.02. The average molecular weight is 381 g/mol. The van der Waals surface area contributed by atoms with Crippen LogP contribution >= 0.6 is 15.9 Å². The second kappa shape index (κ2) is 5.77. The second-order valence-corrected chi connectivity index (χ2v) is 6.23. The van der Waals surface area contributed by atoms with Crippen LogP contribution in [0, 0.1) is 0 Å². The van der Waals surface area contributed by atoms with Crippen molar-refractivity contribution in [2.75, 3.05) is 7.11 Å². The molecule has 0 aliphatic carbocycles. The van der Waals surface area contributed by atoms with Gasteiger partial charge in [0.2, 0.25) is 11.8 Å². The van der Waals surface area contributed by atoms with Crippen molar-refractivity contribution in [3.63, 3.8) is 0 Å². The average Bonchev–Trinajstić information content (AvgIpc) is 2.84. The Morgan fingerprint density at radius 1 is 1.35 bits per heavy atom. The maximum atomic E-state index is 12.6. The van der Waals surface area contributed by atoms with Crippen molar-refractivity contribution in [2.24, 2.45) is 0 Å². The first-order chi connectivity index (χ1) is 10.9. The molecule has 1 N–H and O–H groups in total. The lowest BCUT2D eigenvalue weighted by atomic mass is 10.0. The summed E-state index contributed by atoms with van der Waals surface area (Å²) in [5, 5.41) is 2.25. The van der Waals surface area contributed by atoms with Crippen LogP contribution in [-0.4, -0.2) is 41.7 Å². The summed E-state index contributed by atoms with van der Waals surface area (Å²) >= 11 is 3.36. The molecule has 7 nitrogen and oxygen atoms in total. The molecule has 23 heavy (non-hydrogen) atoms. The Morgan fingerprint density at radius 2 is 2.09 bits per heavy atom. The zero-order valence-corrected chi connectivity index (χ0v) is 13.8. The van der Waals surface area contributed by atoms with Gasteiger partial charge in [0.25, 0.3) is 5.91 Å². The predicted molar refractivity (Wildman–Crippen MR) is 81.5 cm³/mol. The molecule has 0 radical (unpaired) electrons. The molecule has 0 spiro atoms. The summed E-state index contributed by atoms with van der Waals surface area (Å²) in [4.78, 5) is 49.0. The Hall–Kier alpha value is -2.22. The molecule has 0 bridgehead atoms. The number of rotatable bonds is 2. The molecular formula is C15H13BrN2O5. The Balaban J connectivity index is 1.93. The van der Waals surface area contributed by atoms with Gasteiger partial charge in [0, 0.05) is 23.0 Å². The van der Waals surface area contributed by atoms with Gasteiger partial charge in [0.1, 0.15) is 6.04 Å². The topological polar surface area (TPSA) is 92.8 Å². The van der Waals surface area contributed by atoms with Gasteiger partial charge >= 0.3 is 5.97 Å². The molecule has 1 unspecified atom stereocenters. The van der Waals surface area contributed by atoms with Crippen molar-refractivity contribution in [1.82, 2.24) is 10.2 Å². The first kappa shape index (κ1) is 15.7. The van der Waals surface area contributed by atoms with Gasteiger partial charge in [-0.25, -0.2) is 4.79 Å². The van der Waals surface area contributed by atoms with E-state index in [4.69, 9.17) is 0 Å². The van der Waals surface area contributed by atoms with Crippen molar-refractivity contribution in [3.8, 4) is 0 Å². The third-order valence-corrected chi connectivity index (χ3v) is 4.73. The van der Waals surface area contributed by atoms with E-state index in [2.05, 4.69) is 26.0 Å². The minimum absolute atomic E-state index is 0.200. The summed E-state index contributed by atoms with van der Waals surface area (Å²) in [7, 11) is 1.26. The molecule has 2 aliphatic rings. The quantitative estimate of drug-likeness (QED) is 0.610. The molecule has 0 saturated carbocycles. The number of benzene rings is 1. The molecular weight excluding hydrogens is 368 g/mol. The van der Waals surface area contributed by atoms with Gasteiger partial charge in [-0.15, -0.1) is 0 Å². The number of amides is 3. The number of piperidine rings is 1. The van der Waals surface area contributed by atoms with Gasteiger partial charge in [0.05, 0.1) is 12.7 Å². The summed E-state index contributed by atoms with van der Waals surface area (Å²) in [6.07, 6.45) is 0.497. The van der Waals surface area contributed by atoms with Crippen LogP contribution in [0.15, 0.2) is 16.6 Å². The van der Waals surface area contributed by atoms with Crippen LogP contribution in [0.2, 0.25) is 0 Å². The SMILES string of the molecule is COC(=O)c1cc(Br)c2c(c1)C(=O)N(C1CCC(=O)NC1=O)C2. The van der Waals surface area contributed by atoms with Gasteiger partial charge in [-0.2, -0.15) is 0 Å². The van der Waals surface area contributed by atoms with E-state index in [1.54, 1.807) is 6.07 Å². The molecule has 2 heterocycles. The molecule has 1 atom stereocenters. The van der Waals surface area contributed by atoms with E-state index in [0.717, 1.165) is 0 Å². The largest absolute Gasteiger partial charge is 0.465 e. The van der Waals surface area contributed by atoms with Crippen molar-refractivity contribution in [2.45, 2.75) is 25.4 Å². The van der Waals surface area contributed by atoms with Gasteiger partial charge < -0.3 is 9.64 Å². The molecule has 120 valence electrons. The lowest BCUT2D eigenvalue weighted by Gasteiger charge is -2.29. The molecule has 0 aromatic heterocycles. The summed E-state index contributed by atoms with van der Waals surface area (Å²) in [6, 6.07) is 2.38. The lowest BCUT2D eigenvalue weighted by molar-refractivity contribution is -0.136. The number of carbonyl (C=O) groups is 4. The lowest BCUT2D eigenvalue weighted by Crippen LogP contribution is -2.52. The number of nitrogens with one attached hydrogen (secondary N) is 1. The van der Waals surface area contributed by atoms with Crippen molar-refractivity contribution in [3.05, 3.63) is 33.3 Å². The van der Waals surface area contributed by atoms with E-state index in [-0.39, 0.29) is 30.3 Å². The maximum absolute atomic E-state index is 12.6. The smallest absolute Gasteiger partial charge is 0.337 e. The van der Waals surface area contributed by atoms with Crippen molar-refractivity contribution in [1.29, 1.82) is 0 Å². The Morgan fingerprint density at radius 3 is 2.74 bits per heavy atom. The highest BCUT2D eigenvalue weighted by atomic mass is 79.9. The Bertz CT molecular complexity index is 746. The summed E-state index contributed by atoms with van der Waals surface area (Å²) in [6.45, 7) is 0.252. The normalized spacial score (nSPS) is 20.3. The molecule has 1 saturated heterocycles. The van der Waals surface area contributed by atoms with Crippen LogP contribution < -0.4 is 5.32 Å². The number of carbonyl (C=O) groups excluding carboxylic acids is 4. The van der Waals surface area contributed by atoms with E-state index < -0.39 is 17.9 Å². The zero-order valence-electron chi connectivity index (χ0n) is 12.2. The minimum atomic E-state index is -0.680. The van der Waals surface area contributed by atoms with Crippen LogP contribution in [0.1, 0.15) is 39.1 Å². The van der Waals surface area contributed by atoms with Gasteiger partial charge in [-0.1, -0.05) is 15.9 Å². The van der Waals surface area contributed by atoms with Gasteiger partial charge in [-0.3, -0.25) is 19.7 Å². The first-order valence-electron chi connectivity index (χ1n) is 6.97. The highest BCUT2D eigenvalue weighted by Gasteiger charge is 2.40. The molecule has 3 rings (SSSR count). The number of fused-ring (bicyclic) bond motifs is 1. The Labute approximate surface area is 140 Å². The first-order valence-corrected chi connectivity index (χ1v) is 7.77. The number of hydrogen-bond donors (Lipinski definition) is 1. The summed E-state index contributed by atoms with van der Waals surface area (Å²) in [5.74, 6) is -1.67. The number of imide groups is 1. The predicted octanol–water partition coefficient (Wildman–Crippen LogP) is 0.997.